The summed E-state index contributed by atoms with van der Waals surface area (Å²) >= 11 is 2.11. The van der Waals surface area contributed by atoms with Gasteiger partial charge in [-0.3, -0.25) is 0 Å². The fourth-order valence-corrected chi connectivity index (χ4v) is 4.76. The summed E-state index contributed by atoms with van der Waals surface area (Å²) in [5.74, 6) is 0.958. The Labute approximate surface area is 108 Å². The van der Waals surface area contributed by atoms with Crippen molar-refractivity contribution in [2.45, 2.75) is 48.3 Å². The summed E-state index contributed by atoms with van der Waals surface area (Å²) in [6.07, 6.45) is 6.91. The summed E-state index contributed by atoms with van der Waals surface area (Å²) in [5.41, 5.74) is 1.57. The SMILES string of the molecule is CNC1CCC(CC2Cc3ccccc3S2)C1. The Hall–Kier alpha value is -0.470. The third-order valence-corrected chi connectivity index (χ3v) is 5.60. The first-order chi connectivity index (χ1) is 8.35. The van der Waals surface area contributed by atoms with Crippen molar-refractivity contribution in [3.8, 4) is 0 Å². The van der Waals surface area contributed by atoms with Crippen molar-refractivity contribution in [2.75, 3.05) is 7.05 Å². The minimum atomic E-state index is 0.786. The van der Waals surface area contributed by atoms with Crippen LogP contribution in [-0.4, -0.2) is 18.3 Å². The minimum absolute atomic E-state index is 0.786. The van der Waals surface area contributed by atoms with Gasteiger partial charge in [0.15, 0.2) is 0 Å². The van der Waals surface area contributed by atoms with Crippen LogP contribution in [0.5, 0.6) is 0 Å². The van der Waals surface area contributed by atoms with Crippen molar-refractivity contribution in [1.82, 2.24) is 5.32 Å². The minimum Gasteiger partial charge on any atom is -0.317 e. The van der Waals surface area contributed by atoms with E-state index in [-0.39, 0.29) is 0 Å². The molecule has 92 valence electrons. The largest absolute Gasteiger partial charge is 0.317 e. The first-order valence-electron chi connectivity index (χ1n) is 6.77. The molecule has 1 aromatic carbocycles. The van der Waals surface area contributed by atoms with E-state index in [4.69, 9.17) is 0 Å². The molecule has 17 heavy (non-hydrogen) atoms. The topological polar surface area (TPSA) is 12.0 Å². The Bertz CT molecular complexity index is 365. The third kappa shape index (κ3) is 2.53. The summed E-state index contributed by atoms with van der Waals surface area (Å²) in [6, 6.07) is 9.71. The molecule has 3 unspecified atom stereocenters. The maximum Gasteiger partial charge on any atom is 0.0138 e. The number of benzene rings is 1. The predicted molar refractivity (Wildman–Crippen MR) is 74.6 cm³/mol. The van der Waals surface area contributed by atoms with E-state index < -0.39 is 0 Å². The molecule has 1 aliphatic heterocycles. The van der Waals surface area contributed by atoms with Crippen LogP contribution in [0.2, 0.25) is 0 Å². The Kier molecular flexibility index (Phi) is 3.44. The second-order valence-corrected chi connectivity index (χ2v) is 6.79. The number of hydrogen-bond acceptors (Lipinski definition) is 2. The Morgan fingerprint density at radius 3 is 2.94 bits per heavy atom. The summed E-state index contributed by atoms with van der Waals surface area (Å²) in [6.45, 7) is 0. The number of fused-ring (bicyclic) bond motifs is 1. The van der Waals surface area contributed by atoms with Gasteiger partial charge in [0.2, 0.25) is 0 Å². The van der Waals surface area contributed by atoms with Crippen molar-refractivity contribution in [3.05, 3.63) is 29.8 Å². The third-order valence-electron chi connectivity index (χ3n) is 4.26. The molecule has 1 aliphatic carbocycles. The van der Waals surface area contributed by atoms with Gasteiger partial charge in [0.05, 0.1) is 0 Å². The van der Waals surface area contributed by atoms with E-state index >= 15 is 0 Å². The average Bonchev–Trinajstić information content (AvgIpc) is 2.94. The van der Waals surface area contributed by atoms with Gasteiger partial charge in [0.25, 0.3) is 0 Å². The highest BCUT2D eigenvalue weighted by atomic mass is 32.2. The molecule has 1 N–H and O–H groups in total. The molecule has 1 heterocycles. The lowest BCUT2D eigenvalue weighted by Gasteiger charge is -2.15. The lowest BCUT2D eigenvalue weighted by Crippen LogP contribution is -2.21. The molecule has 1 fully saturated rings. The van der Waals surface area contributed by atoms with Crippen LogP contribution in [0.25, 0.3) is 0 Å². The molecule has 1 nitrogen and oxygen atoms in total. The fourth-order valence-electron chi connectivity index (χ4n) is 3.31. The van der Waals surface area contributed by atoms with Crippen LogP contribution in [0.4, 0.5) is 0 Å². The van der Waals surface area contributed by atoms with Crippen molar-refractivity contribution in [2.24, 2.45) is 5.92 Å². The highest BCUT2D eigenvalue weighted by Gasteiger charge is 2.29. The van der Waals surface area contributed by atoms with E-state index in [2.05, 4.69) is 48.4 Å². The highest BCUT2D eigenvalue weighted by molar-refractivity contribution is 8.00. The van der Waals surface area contributed by atoms with Gasteiger partial charge in [-0.25, -0.2) is 0 Å². The molecule has 0 radical (unpaired) electrons. The summed E-state index contributed by atoms with van der Waals surface area (Å²) in [7, 11) is 2.10. The molecule has 3 rings (SSSR count). The molecule has 1 saturated carbocycles. The fraction of sp³-hybridized carbons (Fsp3) is 0.600. The molecule has 2 aliphatic rings. The standard InChI is InChI=1S/C15H21NS/c1-16-13-7-6-11(8-13)9-14-10-12-4-2-3-5-15(12)17-14/h2-5,11,13-14,16H,6-10H2,1H3. The number of hydrogen-bond donors (Lipinski definition) is 1. The number of nitrogens with one attached hydrogen (secondary N) is 1. The van der Waals surface area contributed by atoms with Crippen LogP contribution in [-0.2, 0) is 6.42 Å². The second kappa shape index (κ2) is 5.03. The van der Waals surface area contributed by atoms with Gasteiger partial charge < -0.3 is 5.32 Å². The maximum absolute atomic E-state index is 3.43. The molecule has 0 amide bonds. The van der Waals surface area contributed by atoms with Crippen LogP contribution in [0.1, 0.15) is 31.2 Å². The van der Waals surface area contributed by atoms with E-state index in [0.717, 1.165) is 17.2 Å². The Balaban J connectivity index is 1.56. The van der Waals surface area contributed by atoms with Crippen molar-refractivity contribution in [3.63, 3.8) is 0 Å². The number of thioether (sulfide) groups is 1. The number of rotatable bonds is 3. The maximum atomic E-state index is 3.43. The Morgan fingerprint density at radius 1 is 1.29 bits per heavy atom. The smallest absolute Gasteiger partial charge is 0.0138 e. The van der Waals surface area contributed by atoms with Gasteiger partial charge in [-0.15, -0.1) is 11.8 Å². The first kappa shape index (κ1) is 11.6. The van der Waals surface area contributed by atoms with Crippen LogP contribution in [0.15, 0.2) is 29.2 Å². The molecular weight excluding hydrogens is 226 g/mol. The predicted octanol–water partition coefficient (Wildman–Crippen LogP) is 3.48. The van der Waals surface area contributed by atoms with Crippen molar-refractivity contribution < 1.29 is 0 Å². The lowest BCUT2D eigenvalue weighted by molar-refractivity contribution is 0.472. The average molecular weight is 247 g/mol. The molecule has 0 aromatic heterocycles. The summed E-state index contributed by atoms with van der Waals surface area (Å²) in [5, 5.41) is 4.27. The van der Waals surface area contributed by atoms with E-state index in [1.165, 1.54) is 37.0 Å². The summed E-state index contributed by atoms with van der Waals surface area (Å²) in [4.78, 5) is 1.53. The normalized spacial score (nSPS) is 31.7. The first-order valence-corrected chi connectivity index (χ1v) is 7.65. The van der Waals surface area contributed by atoms with E-state index in [9.17, 15) is 0 Å². The van der Waals surface area contributed by atoms with E-state index in [1.807, 2.05) is 0 Å². The Morgan fingerprint density at radius 2 is 2.18 bits per heavy atom. The molecule has 2 heteroatoms. The lowest BCUT2D eigenvalue weighted by atomic mass is 9.98. The van der Waals surface area contributed by atoms with Crippen LogP contribution >= 0.6 is 11.8 Å². The molecule has 3 atom stereocenters. The van der Waals surface area contributed by atoms with Gasteiger partial charge in [-0.2, -0.15) is 0 Å². The molecule has 0 spiro atoms. The van der Waals surface area contributed by atoms with Crippen LogP contribution < -0.4 is 5.32 Å². The van der Waals surface area contributed by atoms with Gasteiger partial charge in [0, 0.05) is 16.2 Å². The van der Waals surface area contributed by atoms with E-state index in [0.29, 0.717) is 0 Å². The highest BCUT2D eigenvalue weighted by Crippen LogP contribution is 2.42. The van der Waals surface area contributed by atoms with Gasteiger partial charge in [0.1, 0.15) is 0 Å². The zero-order chi connectivity index (χ0) is 11.7. The van der Waals surface area contributed by atoms with Gasteiger partial charge in [-0.05, 0) is 56.7 Å². The molecule has 1 aromatic rings. The van der Waals surface area contributed by atoms with Gasteiger partial charge in [-0.1, -0.05) is 18.2 Å². The van der Waals surface area contributed by atoms with E-state index in [1.54, 1.807) is 5.56 Å². The van der Waals surface area contributed by atoms with Crippen LogP contribution in [0.3, 0.4) is 0 Å². The zero-order valence-electron chi connectivity index (χ0n) is 10.5. The monoisotopic (exact) mass is 247 g/mol. The molecule has 0 saturated heterocycles. The van der Waals surface area contributed by atoms with Gasteiger partial charge >= 0.3 is 0 Å². The summed E-state index contributed by atoms with van der Waals surface area (Å²) < 4.78 is 0. The second-order valence-electron chi connectivity index (χ2n) is 5.45. The molecule has 0 bridgehead atoms. The quantitative estimate of drug-likeness (QED) is 0.877. The van der Waals surface area contributed by atoms with Crippen molar-refractivity contribution >= 4 is 11.8 Å². The zero-order valence-corrected chi connectivity index (χ0v) is 11.3. The molecular formula is C15H21NS. The van der Waals surface area contributed by atoms with Crippen molar-refractivity contribution in [1.29, 1.82) is 0 Å². The van der Waals surface area contributed by atoms with Crippen LogP contribution in [0, 0.1) is 5.92 Å².